The number of aryl methyl sites for hydroxylation is 1. The van der Waals surface area contributed by atoms with Gasteiger partial charge in [0.2, 0.25) is 5.28 Å². The number of rotatable bonds is 2. The maximum atomic E-state index is 5.67. The van der Waals surface area contributed by atoms with E-state index in [1.165, 1.54) is 0 Å². The lowest BCUT2D eigenvalue weighted by atomic mass is 10.4. The molecule has 0 atom stereocenters. The molecule has 80 valence electrons. The first kappa shape index (κ1) is 11.5. The van der Waals surface area contributed by atoms with E-state index in [-0.39, 0.29) is 11.1 Å². The number of amidine groups is 1. The SMILES string of the molecule is C/C(N)=C/C(N)=Nc1cc(C)nc(Cl)n1. The minimum Gasteiger partial charge on any atom is -0.402 e. The summed E-state index contributed by atoms with van der Waals surface area (Å²) in [6.07, 6.45) is 1.55. The van der Waals surface area contributed by atoms with Crippen molar-refractivity contribution in [3.05, 3.63) is 28.8 Å². The summed E-state index contributed by atoms with van der Waals surface area (Å²) in [5.74, 6) is 0.701. The molecule has 0 fully saturated rings. The molecular formula is C9H12ClN5. The fourth-order valence-electron chi connectivity index (χ4n) is 0.972. The first-order valence-electron chi connectivity index (χ1n) is 4.26. The zero-order valence-corrected chi connectivity index (χ0v) is 9.28. The van der Waals surface area contributed by atoms with Gasteiger partial charge < -0.3 is 11.5 Å². The van der Waals surface area contributed by atoms with Gasteiger partial charge in [0.15, 0.2) is 5.82 Å². The van der Waals surface area contributed by atoms with Crippen LogP contribution in [0.25, 0.3) is 0 Å². The van der Waals surface area contributed by atoms with E-state index >= 15 is 0 Å². The van der Waals surface area contributed by atoms with Crippen LogP contribution in [0.5, 0.6) is 0 Å². The normalized spacial score (nSPS) is 13.0. The predicted octanol–water partition coefficient (Wildman–Crippen LogP) is 1.29. The molecule has 0 radical (unpaired) electrons. The molecular weight excluding hydrogens is 214 g/mol. The Morgan fingerprint density at radius 1 is 1.47 bits per heavy atom. The monoisotopic (exact) mass is 225 g/mol. The largest absolute Gasteiger partial charge is 0.402 e. The van der Waals surface area contributed by atoms with Crippen molar-refractivity contribution in [2.24, 2.45) is 16.5 Å². The van der Waals surface area contributed by atoms with Crippen molar-refractivity contribution in [3.8, 4) is 0 Å². The van der Waals surface area contributed by atoms with Crippen LogP contribution in [0.1, 0.15) is 12.6 Å². The molecule has 0 unspecified atom stereocenters. The summed E-state index contributed by atoms with van der Waals surface area (Å²) in [6.45, 7) is 3.52. The Labute approximate surface area is 92.9 Å². The Morgan fingerprint density at radius 3 is 2.67 bits per heavy atom. The molecule has 5 nitrogen and oxygen atoms in total. The Bertz CT molecular complexity index is 400. The van der Waals surface area contributed by atoms with Crippen molar-refractivity contribution in [3.63, 3.8) is 0 Å². The number of nitrogens with zero attached hydrogens (tertiary/aromatic N) is 3. The van der Waals surface area contributed by atoms with E-state index < -0.39 is 0 Å². The summed E-state index contributed by atoms with van der Waals surface area (Å²) in [6, 6.07) is 1.68. The van der Waals surface area contributed by atoms with Gasteiger partial charge in [-0.3, -0.25) is 0 Å². The van der Waals surface area contributed by atoms with E-state index in [0.29, 0.717) is 11.5 Å². The van der Waals surface area contributed by atoms with Crippen molar-refractivity contribution in [1.82, 2.24) is 9.97 Å². The Balaban J connectivity index is 3.03. The number of allylic oxidation sites excluding steroid dienone is 1. The summed E-state index contributed by atoms with van der Waals surface area (Å²) in [5.41, 5.74) is 12.4. The van der Waals surface area contributed by atoms with E-state index in [9.17, 15) is 0 Å². The van der Waals surface area contributed by atoms with Crippen molar-refractivity contribution >= 4 is 23.3 Å². The van der Waals surface area contributed by atoms with Gasteiger partial charge in [-0.25, -0.2) is 9.98 Å². The first-order chi connectivity index (χ1) is 6.97. The van der Waals surface area contributed by atoms with E-state index in [4.69, 9.17) is 23.1 Å². The summed E-state index contributed by atoms with van der Waals surface area (Å²) in [4.78, 5) is 11.8. The number of hydrogen-bond donors (Lipinski definition) is 2. The molecule has 0 aromatic carbocycles. The minimum absolute atomic E-state index is 0.148. The second kappa shape index (κ2) is 4.75. The maximum Gasteiger partial charge on any atom is 0.224 e. The second-order valence-corrected chi connectivity index (χ2v) is 3.40. The highest BCUT2D eigenvalue weighted by Gasteiger charge is 1.98. The van der Waals surface area contributed by atoms with Gasteiger partial charge in [0, 0.05) is 17.5 Å². The molecule has 1 aromatic rings. The summed E-state index contributed by atoms with van der Waals surface area (Å²) >= 11 is 5.67. The molecule has 0 saturated carbocycles. The average Bonchev–Trinajstić information content (AvgIpc) is 1.98. The Morgan fingerprint density at radius 2 is 2.13 bits per heavy atom. The van der Waals surface area contributed by atoms with E-state index in [1.54, 1.807) is 26.0 Å². The minimum atomic E-state index is 0.148. The number of aliphatic imine (C=N–C) groups is 1. The second-order valence-electron chi connectivity index (χ2n) is 3.06. The fraction of sp³-hybridized carbons (Fsp3) is 0.222. The topological polar surface area (TPSA) is 90.2 Å². The quantitative estimate of drug-likeness (QED) is 0.451. The maximum absolute atomic E-state index is 5.67. The summed E-state index contributed by atoms with van der Waals surface area (Å²) < 4.78 is 0. The standard InChI is InChI=1S/C9H12ClN5/c1-5(11)3-7(12)14-8-4-6(2)13-9(10)15-8/h3-4H,11H2,1-2H3,(H2,12,13,14,15)/b5-3-. The first-order valence-corrected chi connectivity index (χ1v) is 4.64. The molecule has 0 saturated heterocycles. The zero-order chi connectivity index (χ0) is 11.4. The lowest BCUT2D eigenvalue weighted by molar-refractivity contribution is 1.09. The van der Waals surface area contributed by atoms with Crippen LogP contribution in [0.15, 0.2) is 22.8 Å². The third-order valence-corrected chi connectivity index (χ3v) is 1.60. The molecule has 0 aliphatic heterocycles. The molecule has 0 aliphatic rings. The van der Waals surface area contributed by atoms with Gasteiger partial charge in [-0.05, 0) is 31.5 Å². The number of nitrogens with two attached hydrogens (primary N) is 2. The molecule has 6 heteroatoms. The summed E-state index contributed by atoms with van der Waals surface area (Å²) in [7, 11) is 0. The molecule has 1 rings (SSSR count). The van der Waals surface area contributed by atoms with Crippen LogP contribution in [-0.2, 0) is 0 Å². The molecule has 0 bridgehead atoms. The van der Waals surface area contributed by atoms with Gasteiger partial charge in [0.05, 0.1) is 0 Å². The van der Waals surface area contributed by atoms with Gasteiger partial charge in [0.25, 0.3) is 0 Å². The zero-order valence-electron chi connectivity index (χ0n) is 8.53. The lowest BCUT2D eigenvalue weighted by Gasteiger charge is -1.98. The number of hydrogen-bond acceptors (Lipinski definition) is 4. The molecule has 4 N–H and O–H groups in total. The van der Waals surface area contributed by atoms with E-state index in [2.05, 4.69) is 15.0 Å². The van der Waals surface area contributed by atoms with Crippen LogP contribution >= 0.6 is 11.6 Å². The van der Waals surface area contributed by atoms with Crippen molar-refractivity contribution in [1.29, 1.82) is 0 Å². The van der Waals surface area contributed by atoms with Crippen LogP contribution in [0.2, 0.25) is 5.28 Å². The van der Waals surface area contributed by atoms with E-state index in [1.807, 2.05) is 0 Å². The van der Waals surface area contributed by atoms with Gasteiger partial charge in [-0.2, -0.15) is 4.98 Å². The third kappa shape index (κ3) is 3.95. The Hall–Kier alpha value is -1.62. The van der Waals surface area contributed by atoms with Crippen LogP contribution in [0, 0.1) is 6.92 Å². The number of halogens is 1. The molecule has 0 spiro atoms. The highest BCUT2D eigenvalue weighted by atomic mass is 35.5. The fourth-order valence-corrected chi connectivity index (χ4v) is 1.19. The summed E-state index contributed by atoms with van der Waals surface area (Å²) in [5, 5.41) is 0.148. The van der Waals surface area contributed by atoms with Gasteiger partial charge >= 0.3 is 0 Å². The molecule has 0 amide bonds. The van der Waals surface area contributed by atoms with Crippen molar-refractivity contribution < 1.29 is 0 Å². The molecule has 1 aromatic heterocycles. The van der Waals surface area contributed by atoms with Crippen molar-refractivity contribution in [2.45, 2.75) is 13.8 Å². The highest BCUT2D eigenvalue weighted by molar-refractivity contribution is 6.28. The van der Waals surface area contributed by atoms with Crippen LogP contribution < -0.4 is 11.5 Å². The predicted molar refractivity (Wildman–Crippen MR) is 61.0 cm³/mol. The van der Waals surface area contributed by atoms with Gasteiger partial charge in [-0.15, -0.1) is 0 Å². The Kier molecular flexibility index (Phi) is 3.62. The average molecular weight is 226 g/mol. The van der Waals surface area contributed by atoms with Gasteiger partial charge in [0.1, 0.15) is 5.84 Å². The smallest absolute Gasteiger partial charge is 0.224 e. The van der Waals surface area contributed by atoms with Crippen LogP contribution in [-0.4, -0.2) is 15.8 Å². The van der Waals surface area contributed by atoms with Crippen LogP contribution in [0.4, 0.5) is 5.82 Å². The third-order valence-electron chi connectivity index (χ3n) is 1.43. The molecule has 1 heterocycles. The number of aromatic nitrogens is 2. The van der Waals surface area contributed by atoms with Crippen molar-refractivity contribution in [2.75, 3.05) is 0 Å². The molecule has 0 aliphatic carbocycles. The molecule has 15 heavy (non-hydrogen) atoms. The lowest BCUT2D eigenvalue weighted by Crippen LogP contribution is -2.10. The highest BCUT2D eigenvalue weighted by Crippen LogP contribution is 2.12. The van der Waals surface area contributed by atoms with E-state index in [0.717, 1.165) is 5.69 Å². The van der Waals surface area contributed by atoms with Crippen LogP contribution in [0.3, 0.4) is 0 Å². The van der Waals surface area contributed by atoms with Gasteiger partial charge in [-0.1, -0.05) is 0 Å².